The molecule has 0 spiro atoms. The van der Waals surface area contributed by atoms with Gasteiger partial charge in [-0.15, -0.1) is 0 Å². The normalized spacial score (nSPS) is 16.7. The van der Waals surface area contributed by atoms with Gasteiger partial charge in [0.15, 0.2) is 0 Å². The van der Waals surface area contributed by atoms with Crippen LogP contribution in [0.4, 0.5) is 10.1 Å². The van der Waals surface area contributed by atoms with Crippen LogP contribution in [0.15, 0.2) is 48.5 Å². The van der Waals surface area contributed by atoms with Gasteiger partial charge in [0.25, 0.3) is 0 Å². The first-order valence-electron chi connectivity index (χ1n) is 9.23. The molecule has 1 atom stereocenters. The minimum Gasteiger partial charge on any atom is -0.465 e. The first-order valence-corrected chi connectivity index (χ1v) is 9.23. The Hall–Kier alpha value is -3.22. The Morgan fingerprint density at radius 3 is 2.71 bits per heavy atom. The van der Waals surface area contributed by atoms with Crippen LogP contribution in [0.5, 0.6) is 0 Å². The van der Waals surface area contributed by atoms with E-state index in [4.69, 9.17) is 9.72 Å². The number of anilines is 1. The summed E-state index contributed by atoms with van der Waals surface area (Å²) in [6.45, 7) is 2.55. The Morgan fingerprint density at radius 2 is 1.96 bits per heavy atom. The Labute approximate surface area is 161 Å². The molecular weight excluding hydrogens is 361 g/mol. The standard InChI is InChI=1S/C21H20FN3O3/c1-2-28-20(27)13-25-18-6-4-3-5-17(18)23-21(25)14-11-19(26)24(12-14)16-9-7-15(22)8-10-16/h3-10,14H,2,11-13H2,1H3/t14-/m0/s1. The van der Waals surface area contributed by atoms with Crippen LogP contribution in [0.3, 0.4) is 0 Å². The minimum atomic E-state index is -0.344. The Kier molecular flexibility index (Phi) is 4.81. The molecule has 1 aliphatic heterocycles. The minimum absolute atomic E-state index is 0.0466. The summed E-state index contributed by atoms with van der Waals surface area (Å²) < 4.78 is 20.1. The molecule has 0 saturated carbocycles. The van der Waals surface area contributed by atoms with Gasteiger partial charge < -0.3 is 14.2 Å². The third kappa shape index (κ3) is 3.35. The third-order valence-electron chi connectivity index (χ3n) is 4.91. The van der Waals surface area contributed by atoms with Crippen molar-refractivity contribution in [1.82, 2.24) is 9.55 Å². The van der Waals surface area contributed by atoms with Crippen molar-refractivity contribution in [2.45, 2.75) is 25.8 Å². The number of carbonyl (C=O) groups excluding carboxylic acids is 2. The van der Waals surface area contributed by atoms with Crippen molar-refractivity contribution in [3.8, 4) is 0 Å². The molecule has 1 saturated heterocycles. The highest BCUT2D eigenvalue weighted by molar-refractivity contribution is 5.96. The summed E-state index contributed by atoms with van der Waals surface area (Å²) in [5.41, 5.74) is 2.26. The lowest BCUT2D eigenvalue weighted by Crippen LogP contribution is -2.24. The van der Waals surface area contributed by atoms with Gasteiger partial charge in [0, 0.05) is 24.6 Å². The molecule has 144 valence electrons. The number of ether oxygens (including phenoxy) is 1. The van der Waals surface area contributed by atoms with Crippen molar-refractivity contribution in [1.29, 1.82) is 0 Å². The van der Waals surface area contributed by atoms with E-state index in [1.54, 1.807) is 24.0 Å². The molecule has 2 aromatic carbocycles. The quantitative estimate of drug-likeness (QED) is 0.637. The molecule has 1 fully saturated rings. The zero-order valence-corrected chi connectivity index (χ0v) is 15.5. The third-order valence-corrected chi connectivity index (χ3v) is 4.91. The first-order chi connectivity index (χ1) is 13.6. The summed E-state index contributed by atoms with van der Waals surface area (Å²) in [5, 5.41) is 0. The van der Waals surface area contributed by atoms with E-state index in [0.29, 0.717) is 24.7 Å². The average Bonchev–Trinajstić information content (AvgIpc) is 3.24. The van der Waals surface area contributed by atoms with Crippen LogP contribution in [-0.2, 0) is 20.9 Å². The number of para-hydroxylation sites is 2. The zero-order chi connectivity index (χ0) is 19.7. The molecule has 4 rings (SSSR count). The van der Waals surface area contributed by atoms with E-state index in [-0.39, 0.29) is 36.6 Å². The van der Waals surface area contributed by atoms with Gasteiger partial charge in [-0.3, -0.25) is 9.59 Å². The second kappa shape index (κ2) is 7.42. The number of imidazole rings is 1. The molecule has 3 aromatic rings. The van der Waals surface area contributed by atoms with E-state index >= 15 is 0 Å². The lowest BCUT2D eigenvalue weighted by molar-refractivity contribution is -0.143. The first kappa shape index (κ1) is 18.2. The summed E-state index contributed by atoms with van der Waals surface area (Å²) in [4.78, 5) is 31.1. The van der Waals surface area contributed by atoms with E-state index in [9.17, 15) is 14.0 Å². The number of hydrogen-bond acceptors (Lipinski definition) is 4. The van der Waals surface area contributed by atoms with Gasteiger partial charge in [0.1, 0.15) is 18.2 Å². The summed E-state index contributed by atoms with van der Waals surface area (Å²) in [6, 6.07) is 13.4. The van der Waals surface area contributed by atoms with E-state index < -0.39 is 0 Å². The highest BCUT2D eigenvalue weighted by Gasteiger charge is 2.35. The maximum absolute atomic E-state index is 13.2. The predicted molar refractivity (Wildman–Crippen MR) is 102 cm³/mol. The fraction of sp³-hybridized carbons (Fsp3) is 0.286. The molecule has 0 radical (unpaired) electrons. The van der Waals surface area contributed by atoms with Crippen molar-refractivity contribution in [2.75, 3.05) is 18.1 Å². The molecule has 0 bridgehead atoms. The smallest absolute Gasteiger partial charge is 0.326 e. The molecule has 1 amide bonds. The van der Waals surface area contributed by atoms with Crippen molar-refractivity contribution < 1.29 is 18.7 Å². The van der Waals surface area contributed by atoms with Gasteiger partial charge in [-0.1, -0.05) is 12.1 Å². The highest BCUT2D eigenvalue weighted by atomic mass is 19.1. The Morgan fingerprint density at radius 1 is 1.21 bits per heavy atom. The van der Waals surface area contributed by atoms with Crippen LogP contribution in [0.2, 0.25) is 0 Å². The van der Waals surface area contributed by atoms with Crippen molar-refractivity contribution in [3.05, 3.63) is 60.2 Å². The molecule has 0 N–H and O–H groups in total. The number of carbonyl (C=O) groups is 2. The van der Waals surface area contributed by atoms with Crippen LogP contribution in [0.1, 0.15) is 25.1 Å². The van der Waals surface area contributed by atoms with Gasteiger partial charge in [-0.2, -0.15) is 0 Å². The van der Waals surface area contributed by atoms with Crippen molar-refractivity contribution in [3.63, 3.8) is 0 Å². The van der Waals surface area contributed by atoms with Crippen LogP contribution in [-0.4, -0.2) is 34.6 Å². The highest BCUT2D eigenvalue weighted by Crippen LogP contribution is 2.33. The maximum atomic E-state index is 13.2. The van der Waals surface area contributed by atoms with Crippen LogP contribution >= 0.6 is 0 Å². The Balaban J connectivity index is 1.68. The molecule has 2 heterocycles. The number of halogens is 1. The monoisotopic (exact) mass is 381 g/mol. The molecule has 7 heteroatoms. The number of hydrogen-bond donors (Lipinski definition) is 0. The van der Waals surface area contributed by atoms with Gasteiger partial charge in [-0.25, -0.2) is 9.37 Å². The van der Waals surface area contributed by atoms with E-state index in [1.807, 2.05) is 28.8 Å². The lowest BCUT2D eigenvalue weighted by atomic mass is 10.1. The summed E-state index contributed by atoms with van der Waals surface area (Å²) in [7, 11) is 0. The second-order valence-corrected chi connectivity index (χ2v) is 6.73. The molecule has 1 aliphatic rings. The second-order valence-electron chi connectivity index (χ2n) is 6.73. The summed E-state index contributed by atoms with van der Waals surface area (Å²) >= 11 is 0. The molecule has 1 aromatic heterocycles. The largest absolute Gasteiger partial charge is 0.465 e. The SMILES string of the molecule is CCOC(=O)Cn1c([C@H]2CC(=O)N(c3ccc(F)cc3)C2)nc2ccccc21. The van der Waals surface area contributed by atoms with Gasteiger partial charge >= 0.3 is 5.97 Å². The van der Waals surface area contributed by atoms with E-state index in [2.05, 4.69) is 0 Å². The number of esters is 1. The topological polar surface area (TPSA) is 64.4 Å². The zero-order valence-electron chi connectivity index (χ0n) is 15.5. The number of aromatic nitrogens is 2. The van der Waals surface area contributed by atoms with Crippen molar-refractivity contribution >= 4 is 28.6 Å². The lowest BCUT2D eigenvalue weighted by Gasteiger charge is -2.17. The van der Waals surface area contributed by atoms with Crippen LogP contribution < -0.4 is 4.90 Å². The summed E-state index contributed by atoms with van der Waals surface area (Å²) in [6.07, 6.45) is 0.281. The predicted octanol–water partition coefficient (Wildman–Crippen LogP) is 3.26. The molecule has 0 unspecified atom stereocenters. The molecule has 28 heavy (non-hydrogen) atoms. The fourth-order valence-electron chi connectivity index (χ4n) is 3.66. The maximum Gasteiger partial charge on any atom is 0.326 e. The number of benzene rings is 2. The van der Waals surface area contributed by atoms with Gasteiger partial charge in [0.2, 0.25) is 5.91 Å². The molecule has 0 aliphatic carbocycles. The van der Waals surface area contributed by atoms with Crippen LogP contribution in [0.25, 0.3) is 11.0 Å². The number of nitrogens with zero attached hydrogens (tertiary/aromatic N) is 3. The van der Waals surface area contributed by atoms with Gasteiger partial charge in [0.05, 0.1) is 17.6 Å². The van der Waals surface area contributed by atoms with E-state index in [0.717, 1.165) is 11.0 Å². The van der Waals surface area contributed by atoms with Crippen LogP contribution in [0, 0.1) is 5.82 Å². The van der Waals surface area contributed by atoms with Crippen molar-refractivity contribution in [2.24, 2.45) is 0 Å². The van der Waals surface area contributed by atoms with Gasteiger partial charge in [-0.05, 0) is 43.3 Å². The number of amides is 1. The molecule has 6 nitrogen and oxygen atoms in total. The Bertz CT molecular complexity index is 1030. The molecular formula is C21H20FN3O3. The fourth-order valence-corrected chi connectivity index (χ4v) is 3.66. The number of fused-ring (bicyclic) bond motifs is 1. The number of rotatable bonds is 5. The van der Waals surface area contributed by atoms with E-state index in [1.165, 1.54) is 12.1 Å². The average molecular weight is 381 g/mol. The summed E-state index contributed by atoms with van der Waals surface area (Å²) in [5.74, 6) is -0.215.